The number of nitriles is 1. The molecule has 13 heavy (non-hydrogen) atoms. The molecule has 1 heterocycles. The monoisotopic (exact) mass is 186 g/mol. The predicted octanol–water partition coefficient (Wildman–Crippen LogP) is 3.15. The van der Waals surface area contributed by atoms with Crippen LogP contribution in [-0.2, 0) is 6.42 Å². The molecule has 0 saturated heterocycles. The van der Waals surface area contributed by atoms with Crippen molar-refractivity contribution in [3.63, 3.8) is 0 Å². The number of benzene rings is 1. The highest BCUT2D eigenvalue weighted by atomic mass is 32.1. The van der Waals surface area contributed by atoms with Crippen LogP contribution in [0.5, 0.6) is 0 Å². The van der Waals surface area contributed by atoms with Crippen LogP contribution in [0, 0.1) is 18.3 Å². The molecular formula is C11H8NS. The van der Waals surface area contributed by atoms with Gasteiger partial charge in [0.15, 0.2) is 0 Å². The average molecular weight is 186 g/mol. The van der Waals surface area contributed by atoms with Crippen molar-refractivity contribution in [3.8, 4) is 6.07 Å². The fourth-order valence-corrected chi connectivity index (χ4v) is 2.14. The molecule has 2 heteroatoms. The molecule has 0 bridgehead atoms. The van der Waals surface area contributed by atoms with Gasteiger partial charge in [0.2, 0.25) is 0 Å². The van der Waals surface area contributed by atoms with E-state index >= 15 is 0 Å². The largest absolute Gasteiger partial charge is 0.192 e. The fraction of sp³-hybridized carbons (Fsp3) is 0.0909. The van der Waals surface area contributed by atoms with Gasteiger partial charge in [-0.25, -0.2) is 0 Å². The third-order valence-corrected chi connectivity index (χ3v) is 3.00. The SMILES string of the molecule is [CH2]Cc1ccc2sc(C#N)cc2c1. The molecule has 1 nitrogen and oxygen atoms in total. The first-order valence-electron chi connectivity index (χ1n) is 4.05. The molecule has 0 unspecified atom stereocenters. The summed E-state index contributed by atoms with van der Waals surface area (Å²) >= 11 is 1.53. The van der Waals surface area contributed by atoms with Gasteiger partial charge in [-0.3, -0.25) is 0 Å². The molecule has 0 aliphatic heterocycles. The standard InChI is InChI=1S/C11H8NS/c1-2-8-3-4-11-9(5-8)6-10(7-12)13-11/h3-6H,1-2H2. The third-order valence-electron chi connectivity index (χ3n) is 1.98. The Balaban J connectivity index is 2.65. The van der Waals surface area contributed by atoms with E-state index in [1.807, 2.05) is 6.07 Å². The molecule has 1 aromatic carbocycles. The number of rotatable bonds is 1. The fourth-order valence-electron chi connectivity index (χ4n) is 1.30. The van der Waals surface area contributed by atoms with Gasteiger partial charge in [0.1, 0.15) is 10.9 Å². The molecule has 0 atom stereocenters. The zero-order valence-corrected chi connectivity index (χ0v) is 7.90. The smallest absolute Gasteiger partial charge is 0.110 e. The van der Waals surface area contributed by atoms with Gasteiger partial charge in [0.25, 0.3) is 0 Å². The van der Waals surface area contributed by atoms with E-state index in [9.17, 15) is 0 Å². The second-order valence-electron chi connectivity index (χ2n) is 2.84. The number of fused-ring (bicyclic) bond motifs is 1. The lowest BCUT2D eigenvalue weighted by Gasteiger charge is -1.94. The Morgan fingerprint density at radius 2 is 2.23 bits per heavy atom. The van der Waals surface area contributed by atoms with Crippen molar-refractivity contribution in [2.75, 3.05) is 0 Å². The summed E-state index contributed by atoms with van der Waals surface area (Å²) in [5.41, 5.74) is 1.22. The summed E-state index contributed by atoms with van der Waals surface area (Å²) < 4.78 is 1.17. The van der Waals surface area contributed by atoms with Gasteiger partial charge in [-0.15, -0.1) is 11.3 Å². The molecule has 63 valence electrons. The summed E-state index contributed by atoms with van der Waals surface area (Å²) in [6.45, 7) is 3.83. The molecule has 0 aliphatic carbocycles. The maximum Gasteiger partial charge on any atom is 0.110 e. The molecular weight excluding hydrogens is 178 g/mol. The van der Waals surface area contributed by atoms with E-state index in [4.69, 9.17) is 5.26 Å². The molecule has 2 rings (SSSR count). The van der Waals surface area contributed by atoms with Crippen molar-refractivity contribution >= 4 is 21.4 Å². The lowest BCUT2D eigenvalue weighted by Crippen LogP contribution is -1.76. The van der Waals surface area contributed by atoms with Gasteiger partial charge < -0.3 is 0 Å². The van der Waals surface area contributed by atoms with Crippen LogP contribution in [0.2, 0.25) is 0 Å². The Hall–Kier alpha value is -1.33. The first kappa shape index (κ1) is 8.28. The second-order valence-corrected chi connectivity index (χ2v) is 3.93. The second kappa shape index (κ2) is 3.20. The zero-order chi connectivity index (χ0) is 9.26. The molecule has 2 aromatic rings. The van der Waals surface area contributed by atoms with Crippen molar-refractivity contribution in [3.05, 3.63) is 41.6 Å². The Morgan fingerprint density at radius 3 is 2.92 bits per heavy atom. The maximum atomic E-state index is 8.71. The number of hydrogen-bond donors (Lipinski definition) is 0. The number of hydrogen-bond acceptors (Lipinski definition) is 2. The number of thiophene rings is 1. The average Bonchev–Trinajstić information content (AvgIpc) is 2.58. The van der Waals surface area contributed by atoms with Crippen molar-refractivity contribution in [1.29, 1.82) is 5.26 Å². The highest BCUT2D eigenvalue weighted by molar-refractivity contribution is 7.19. The summed E-state index contributed by atoms with van der Waals surface area (Å²) in [6.07, 6.45) is 0.799. The van der Waals surface area contributed by atoms with Crippen LogP contribution in [0.25, 0.3) is 10.1 Å². The van der Waals surface area contributed by atoms with E-state index < -0.39 is 0 Å². The minimum Gasteiger partial charge on any atom is -0.192 e. The van der Waals surface area contributed by atoms with Crippen LogP contribution >= 0.6 is 11.3 Å². The highest BCUT2D eigenvalue weighted by Gasteiger charge is 2.00. The topological polar surface area (TPSA) is 23.8 Å². The molecule has 0 spiro atoms. The van der Waals surface area contributed by atoms with E-state index in [1.54, 1.807) is 0 Å². The highest BCUT2D eigenvalue weighted by Crippen LogP contribution is 2.25. The van der Waals surface area contributed by atoms with Crippen molar-refractivity contribution < 1.29 is 0 Å². The molecule has 1 radical (unpaired) electrons. The van der Waals surface area contributed by atoms with Crippen LogP contribution in [0.4, 0.5) is 0 Å². The van der Waals surface area contributed by atoms with Gasteiger partial charge in [-0.05, 0) is 36.4 Å². The summed E-state index contributed by atoms with van der Waals surface area (Å²) in [7, 11) is 0. The molecule has 0 aliphatic rings. The van der Waals surface area contributed by atoms with Crippen LogP contribution in [0.1, 0.15) is 10.4 Å². The van der Waals surface area contributed by atoms with E-state index in [-0.39, 0.29) is 0 Å². The van der Waals surface area contributed by atoms with Gasteiger partial charge in [0, 0.05) is 4.70 Å². The van der Waals surface area contributed by atoms with Crippen molar-refractivity contribution in [2.24, 2.45) is 0 Å². The van der Waals surface area contributed by atoms with Gasteiger partial charge >= 0.3 is 0 Å². The van der Waals surface area contributed by atoms with Gasteiger partial charge in [0.05, 0.1) is 0 Å². The van der Waals surface area contributed by atoms with Crippen LogP contribution in [-0.4, -0.2) is 0 Å². The van der Waals surface area contributed by atoms with Crippen LogP contribution < -0.4 is 0 Å². The summed E-state index contributed by atoms with van der Waals surface area (Å²) in [4.78, 5) is 0.774. The zero-order valence-electron chi connectivity index (χ0n) is 7.08. The molecule has 1 aromatic heterocycles. The Morgan fingerprint density at radius 1 is 1.38 bits per heavy atom. The van der Waals surface area contributed by atoms with E-state index in [1.165, 1.54) is 21.6 Å². The predicted molar refractivity (Wildman–Crippen MR) is 55.6 cm³/mol. The van der Waals surface area contributed by atoms with Crippen LogP contribution in [0.3, 0.4) is 0 Å². The Bertz CT molecular complexity index is 476. The van der Waals surface area contributed by atoms with Crippen molar-refractivity contribution in [1.82, 2.24) is 0 Å². The molecule has 0 saturated carbocycles. The van der Waals surface area contributed by atoms with Crippen LogP contribution in [0.15, 0.2) is 24.3 Å². The van der Waals surface area contributed by atoms with Crippen molar-refractivity contribution in [2.45, 2.75) is 6.42 Å². The van der Waals surface area contributed by atoms with E-state index in [0.29, 0.717) is 0 Å². The normalized spacial score (nSPS) is 10.2. The molecule has 0 amide bonds. The van der Waals surface area contributed by atoms with Gasteiger partial charge in [-0.2, -0.15) is 5.26 Å². The first-order chi connectivity index (χ1) is 6.33. The molecule has 0 fully saturated rings. The lowest BCUT2D eigenvalue weighted by molar-refractivity contribution is 1.29. The first-order valence-corrected chi connectivity index (χ1v) is 4.87. The minimum absolute atomic E-state index is 0.774. The summed E-state index contributed by atoms with van der Waals surface area (Å²) in [6, 6.07) is 10.3. The quantitative estimate of drug-likeness (QED) is 0.671. The Labute approximate surface area is 81.2 Å². The minimum atomic E-state index is 0.774. The van der Waals surface area contributed by atoms with E-state index in [0.717, 1.165) is 16.7 Å². The Kier molecular flexibility index (Phi) is 2.03. The summed E-state index contributed by atoms with van der Waals surface area (Å²) in [5.74, 6) is 0. The van der Waals surface area contributed by atoms with Gasteiger partial charge in [-0.1, -0.05) is 12.1 Å². The molecule has 0 N–H and O–H groups in total. The summed E-state index contributed by atoms with van der Waals surface area (Å²) in [5, 5.41) is 9.87. The lowest BCUT2D eigenvalue weighted by atomic mass is 10.1. The maximum absolute atomic E-state index is 8.71. The van der Waals surface area contributed by atoms with E-state index in [2.05, 4.69) is 31.2 Å². The number of nitrogens with zero attached hydrogens (tertiary/aromatic N) is 1. The third kappa shape index (κ3) is 1.43.